The van der Waals surface area contributed by atoms with Crippen molar-refractivity contribution in [1.82, 2.24) is 0 Å². The van der Waals surface area contributed by atoms with Gasteiger partial charge in [0.25, 0.3) is 7.82 Å². The molecular weight excluding hydrogens is 1170 g/mol. The van der Waals surface area contributed by atoms with Gasteiger partial charge in [-0.1, -0.05) is 389 Å². The fourth-order valence-electron chi connectivity index (χ4n) is 11.9. The van der Waals surface area contributed by atoms with Gasteiger partial charge in [0.2, 0.25) is 0 Å². The first-order valence-corrected chi connectivity index (χ1v) is 41.6. The van der Waals surface area contributed by atoms with Gasteiger partial charge < -0.3 is 27.9 Å². The van der Waals surface area contributed by atoms with Crippen molar-refractivity contribution < 1.29 is 42.1 Å². The first kappa shape index (κ1) is 90.5. The van der Waals surface area contributed by atoms with Crippen LogP contribution in [0.15, 0.2) is 72.9 Å². The number of unbranched alkanes of at least 4 members (excludes halogenated alkanes) is 49. The normalized spacial score (nSPS) is 13.4. The fraction of sp³-hybridized carbons (Fsp3) is 0.831. The standard InChI is InChI=1S/C83H154NO8P/c1-6-8-10-12-14-16-18-20-22-24-26-28-30-32-34-36-37-38-39-40-41-42-43-44-45-46-48-49-51-53-55-57-59-61-63-65-67-69-71-73-75-82(85)89-79-81(80-91-93(87,88)90-78-77-84(3,4)5)92-83(86)76-74-72-70-68-66-64-62-60-58-56-54-52-50-47-35-33-31-29-27-25-23-21-19-17-15-13-11-9-7-2/h9,11,15,17,21,23,27,29,33,35,50,52,81H,6-8,10,12-14,16,18-20,22,24-26,28,30-32,34,36-49,51,53-80H2,1-5H3/b11-9-,17-15-,23-21-,29-27-,35-33-,52-50-. The van der Waals surface area contributed by atoms with Gasteiger partial charge in [0.15, 0.2) is 6.10 Å². The molecule has 0 aromatic heterocycles. The Balaban J connectivity index is 3.91. The molecular formula is C83H154NO8P. The van der Waals surface area contributed by atoms with Crippen LogP contribution in [0.2, 0.25) is 0 Å². The van der Waals surface area contributed by atoms with Crippen LogP contribution in [0.4, 0.5) is 0 Å². The second-order valence-corrected chi connectivity index (χ2v) is 29.8. The topological polar surface area (TPSA) is 111 Å². The Kier molecular flexibility index (Phi) is 71.7. The summed E-state index contributed by atoms with van der Waals surface area (Å²) in [6.07, 6.45) is 100. The lowest BCUT2D eigenvalue weighted by molar-refractivity contribution is -0.870. The zero-order valence-electron chi connectivity index (χ0n) is 62.2. The Morgan fingerprint density at radius 3 is 0.914 bits per heavy atom. The van der Waals surface area contributed by atoms with Crippen LogP contribution in [0.3, 0.4) is 0 Å². The number of ether oxygens (including phenoxy) is 2. The number of phosphoric ester groups is 1. The Morgan fingerprint density at radius 2 is 0.613 bits per heavy atom. The molecule has 2 unspecified atom stereocenters. The molecule has 0 spiro atoms. The Morgan fingerprint density at radius 1 is 0.344 bits per heavy atom. The zero-order valence-corrected chi connectivity index (χ0v) is 63.1. The van der Waals surface area contributed by atoms with Crippen LogP contribution in [0.5, 0.6) is 0 Å². The van der Waals surface area contributed by atoms with E-state index in [0.717, 1.165) is 83.5 Å². The quantitative estimate of drug-likeness (QED) is 0.0195. The number of esters is 2. The summed E-state index contributed by atoms with van der Waals surface area (Å²) in [5.74, 6) is -0.823. The first-order valence-electron chi connectivity index (χ1n) is 40.1. The number of nitrogens with zero attached hydrogens (tertiary/aromatic N) is 1. The minimum Gasteiger partial charge on any atom is -0.756 e. The number of phosphoric acid groups is 1. The number of carbonyl (C=O) groups excluding carboxylic acids is 2. The smallest absolute Gasteiger partial charge is 0.306 e. The maximum Gasteiger partial charge on any atom is 0.306 e. The van der Waals surface area contributed by atoms with E-state index in [1.165, 1.54) is 276 Å². The molecule has 0 aliphatic heterocycles. The van der Waals surface area contributed by atoms with E-state index in [9.17, 15) is 19.0 Å². The van der Waals surface area contributed by atoms with Crippen molar-refractivity contribution in [3.8, 4) is 0 Å². The molecule has 0 radical (unpaired) electrons. The van der Waals surface area contributed by atoms with Crippen molar-refractivity contribution in [3.05, 3.63) is 72.9 Å². The molecule has 0 saturated heterocycles. The summed E-state index contributed by atoms with van der Waals surface area (Å²) in [7, 11) is 1.17. The number of likely N-dealkylation sites (N-methyl/N-ethyl adjacent to an activating group) is 1. The summed E-state index contributed by atoms with van der Waals surface area (Å²) in [6, 6.07) is 0. The third-order valence-electron chi connectivity index (χ3n) is 18.0. The highest BCUT2D eigenvalue weighted by Crippen LogP contribution is 2.38. The predicted octanol–water partition coefficient (Wildman–Crippen LogP) is 26.0. The summed E-state index contributed by atoms with van der Waals surface area (Å²) in [5.41, 5.74) is 0. The molecule has 93 heavy (non-hydrogen) atoms. The Hall–Kier alpha value is -2.55. The van der Waals surface area contributed by atoms with Crippen molar-refractivity contribution in [2.24, 2.45) is 0 Å². The monoisotopic (exact) mass is 1320 g/mol. The van der Waals surface area contributed by atoms with Crippen molar-refractivity contribution >= 4 is 19.8 Å². The number of carbonyl (C=O) groups is 2. The highest BCUT2D eigenvalue weighted by molar-refractivity contribution is 7.45. The predicted molar refractivity (Wildman–Crippen MR) is 402 cm³/mol. The van der Waals surface area contributed by atoms with Crippen LogP contribution in [0.1, 0.15) is 393 Å². The summed E-state index contributed by atoms with van der Waals surface area (Å²) < 4.78 is 34.4. The van der Waals surface area contributed by atoms with Crippen LogP contribution in [-0.4, -0.2) is 70.0 Å². The molecule has 2 atom stereocenters. The van der Waals surface area contributed by atoms with Crippen molar-refractivity contribution in [2.45, 2.75) is 399 Å². The van der Waals surface area contributed by atoms with Gasteiger partial charge in [-0.15, -0.1) is 0 Å². The number of rotatable bonds is 75. The minimum atomic E-state index is -4.65. The van der Waals surface area contributed by atoms with Crippen LogP contribution >= 0.6 is 7.82 Å². The van der Waals surface area contributed by atoms with Gasteiger partial charge >= 0.3 is 11.9 Å². The van der Waals surface area contributed by atoms with Gasteiger partial charge in [0, 0.05) is 12.8 Å². The van der Waals surface area contributed by atoms with Crippen LogP contribution in [-0.2, 0) is 32.7 Å². The van der Waals surface area contributed by atoms with E-state index in [4.69, 9.17) is 18.5 Å². The number of hydrogen-bond acceptors (Lipinski definition) is 8. The molecule has 0 saturated carbocycles. The molecule has 0 rings (SSSR count). The van der Waals surface area contributed by atoms with Crippen LogP contribution in [0.25, 0.3) is 0 Å². The largest absolute Gasteiger partial charge is 0.756 e. The van der Waals surface area contributed by atoms with Crippen LogP contribution in [0, 0.1) is 0 Å². The van der Waals surface area contributed by atoms with Gasteiger partial charge in [-0.2, -0.15) is 0 Å². The van der Waals surface area contributed by atoms with Crippen molar-refractivity contribution in [2.75, 3.05) is 47.5 Å². The lowest BCUT2D eigenvalue weighted by atomic mass is 10.0. The number of quaternary nitrogens is 1. The van der Waals surface area contributed by atoms with E-state index in [1.54, 1.807) is 0 Å². The molecule has 9 nitrogen and oxygen atoms in total. The maximum absolute atomic E-state index is 12.9. The third kappa shape index (κ3) is 78.3. The van der Waals surface area contributed by atoms with E-state index in [1.807, 2.05) is 21.1 Å². The maximum atomic E-state index is 12.9. The van der Waals surface area contributed by atoms with Gasteiger partial charge in [0.05, 0.1) is 27.7 Å². The lowest BCUT2D eigenvalue weighted by Crippen LogP contribution is -2.37. The van der Waals surface area contributed by atoms with Gasteiger partial charge in [0.1, 0.15) is 19.8 Å². The molecule has 10 heteroatoms. The van der Waals surface area contributed by atoms with Gasteiger partial charge in [-0.05, 0) is 64.2 Å². The lowest BCUT2D eigenvalue weighted by Gasteiger charge is -2.28. The van der Waals surface area contributed by atoms with Gasteiger partial charge in [-0.3, -0.25) is 14.2 Å². The van der Waals surface area contributed by atoms with Crippen LogP contribution < -0.4 is 4.89 Å². The third-order valence-corrected chi connectivity index (χ3v) is 19.0. The molecule has 0 fully saturated rings. The molecule has 544 valence electrons. The summed E-state index contributed by atoms with van der Waals surface area (Å²) in [6.45, 7) is 4.18. The van der Waals surface area contributed by atoms with E-state index in [0.29, 0.717) is 17.4 Å². The fourth-order valence-corrected chi connectivity index (χ4v) is 12.6. The Labute approximate surface area is 578 Å². The zero-order chi connectivity index (χ0) is 67.6. The molecule has 0 amide bonds. The second-order valence-electron chi connectivity index (χ2n) is 28.4. The molecule has 0 heterocycles. The Bertz CT molecular complexity index is 1800. The molecule has 0 aliphatic rings. The van der Waals surface area contributed by atoms with E-state index >= 15 is 0 Å². The van der Waals surface area contributed by atoms with E-state index in [2.05, 4.69) is 86.8 Å². The average molecular weight is 1330 g/mol. The van der Waals surface area contributed by atoms with Crippen molar-refractivity contribution in [3.63, 3.8) is 0 Å². The summed E-state index contributed by atoms with van der Waals surface area (Å²) >= 11 is 0. The van der Waals surface area contributed by atoms with Crippen molar-refractivity contribution in [1.29, 1.82) is 0 Å². The number of allylic oxidation sites excluding steroid dienone is 12. The summed E-state index contributed by atoms with van der Waals surface area (Å²) in [5, 5.41) is 0. The summed E-state index contributed by atoms with van der Waals surface area (Å²) in [4.78, 5) is 38.2. The molecule has 0 bridgehead atoms. The average Bonchev–Trinajstić information content (AvgIpc) is 2.61. The highest BCUT2D eigenvalue weighted by atomic mass is 31.2. The molecule has 0 aliphatic carbocycles. The van der Waals surface area contributed by atoms with Gasteiger partial charge in [-0.25, -0.2) is 0 Å². The van der Waals surface area contributed by atoms with E-state index in [-0.39, 0.29) is 32.0 Å². The molecule has 0 N–H and O–H groups in total. The highest BCUT2D eigenvalue weighted by Gasteiger charge is 2.22. The number of hydrogen-bond donors (Lipinski definition) is 0. The van der Waals surface area contributed by atoms with E-state index < -0.39 is 26.5 Å². The molecule has 0 aromatic rings. The molecule has 0 aromatic carbocycles. The first-order chi connectivity index (χ1) is 45.5. The second kappa shape index (κ2) is 73.7. The SMILES string of the molecule is CC/C=C\C/C=C\C/C=C\C/C=C\C/C=C\C/C=C\CCCCCCCCCCCCC(=O)OC(COC(=O)CCCCCCCCCCCCCCCCCCCCCCCCCCCCCCCCCCCCCCCCCC)COP(=O)([O-])OCC[N+](C)(C)C. The minimum absolute atomic E-state index is 0.0325.